The normalized spacial score (nSPS) is 12.8. The van der Waals surface area contributed by atoms with E-state index in [1.165, 1.54) is 12.1 Å². The third-order valence-electron chi connectivity index (χ3n) is 2.28. The highest BCUT2D eigenvalue weighted by molar-refractivity contribution is 7.78. The molecule has 0 fully saturated rings. The summed E-state index contributed by atoms with van der Waals surface area (Å²) in [5.41, 5.74) is 0.551. The maximum atomic E-state index is 13.2. The second-order valence-electron chi connectivity index (χ2n) is 3.48. The van der Waals surface area contributed by atoms with Gasteiger partial charge in [0.05, 0.1) is 11.3 Å². The van der Waals surface area contributed by atoms with Crippen molar-refractivity contribution in [2.24, 2.45) is 0 Å². The SMILES string of the molecule is O=C(O)c1cc2cc(F)cc(CS(=O)O)c2[nH]1. The van der Waals surface area contributed by atoms with Crippen LogP contribution < -0.4 is 0 Å². The lowest BCUT2D eigenvalue weighted by atomic mass is 10.1. The van der Waals surface area contributed by atoms with E-state index >= 15 is 0 Å². The Morgan fingerprint density at radius 3 is 2.71 bits per heavy atom. The van der Waals surface area contributed by atoms with E-state index in [0.717, 1.165) is 6.07 Å². The van der Waals surface area contributed by atoms with Gasteiger partial charge in [0.15, 0.2) is 11.1 Å². The molecule has 0 bridgehead atoms. The first-order chi connectivity index (χ1) is 7.97. The summed E-state index contributed by atoms with van der Waals surface area (Å²) in [6.07, 6.45) is 0. The van der Waals surface area contributed by atoms with Crippen LogP contribution in [-0.2, 0) is 16.8 Å². The van der Waals surface area contributed by atoms with Gasteiger partial charge in [0.25, 0.3) is 0 Å². The molecule has 2 rings (SSSR count). The zero-order valence-corrected chi connectivity index (χ0v) is 9.25. The van der Waals surface area contributed by atoms with Gasteiger partial charge in [-0.3, -0.25) is 0 Å². The number of benzene rings is 1. The molecule has 5 nitrogen and oxygen atoms in total. The number of aromatic nitrogens is 1. The van der Waals surface area contributed by atoms with Crippen LogP contribution in [0.15, 0.2) is 18.2 Å². The van der Waals surface area contributed by atoms with Crippen molar-refractivity contribution in [2.45, 2.75) is 5.75 Å². The topological polar surface area (TPSA) is 90.4 Å². The number of hydrogen-bond acceptors (Lipinski definition) is 2. The van der Waals surface area contributed by atoms with E-state index in [-0.39, 0.29) is 17.0 Å². The van der Waals surface area contributed by atoms with Gasteiger partial charge in [-0.2, -0.15) is 0 Å². The number of aromatic amines is 1. The van der Waals surface area contributed by atoms with Crippen LogP contribution in [-0.4, -0.2) is 24.8 Å². The number of carboxylic acid groups (broad SMARTS) is 1. The van der Waals surface area contributed by atoms with Crippen LogP contribution in [0.5, 0.6) is 0 Å². The quantitative estimate of drug-likeness (QED) is 0.730. The minimum atomic E-state index is -2.12. The van der Waals surface area contributed by atoms with Crippen LogP contribution in [0.2, 0.25) is 0 Å². The Bertz CT molecular complexity index is 622. The van der Waals surface area contributed by atoms with Gasteiger partial charge in [0.1, 0.15) is 11.5 Å². The molecule has 2 aromatic rings. The molecule has 1 heterocycles. The number of hydrogen-bond donors (Lipinski definition) is 3. The van der Waals surface area contributed by atoms with Gasteiger partial charge in [-0.15, -0.1) is 0 Å². The lowest BCUT2D eigenvalue weighted by Gasteiger charge is -2.00. The van der Waals surface area contributed by atoms with E-state index in [2.05, 4.69) is 4.98 Å². The van der Waals surface area contributed by atoms with Gasteiger partial charge < -0.3 is 14.6 Å². The van der Waals surface area contributed by atoms with Crippen molar-refractivity contribution in [3.63, 3.8) is 0 Å². The number of rotatable bonds is 3. The van der Waals surface area contributed by atoms with Crippen molar-refractivity contribution in [3.05, 3.63) is 35.3 Å². The summed E-state index contributed by atoms with van der Waals surface area (Å²) in [5, 5.41) is 9.16. The highest BCUT2D eigenvalue weighted by atomic mass is 32.2. The first kappa shape index (κ1) is 11.7. The van der Waals surface area contributed by atoms with Gasteiger partial charge in [0, 0.05) is 5.39 Å². The number of carbonyl (C=O) groups is 1. The Morgan fingerprint density at radius 2 is 2.12 bits per heavy atom. The molecule has 90 valence electrons. The van der Waals surface area contributed by atoms with Gasteiger partial charge in [0.2, 0.25) is 0 Å². The number of H-pyrrole nitrogens is 1. The largest absolute Gasteiger partial charge is 0.477 e. The monoisotopic (exact) mass is 257 g/mol. The van der Waals surface area contributed by atoms with E-state index in [4.69, 9.17) is 9.66 Å². The predicted molar refractivity (Wildman–Crippen MR) is 59.7 cm³/mol. The molecule has 7 heteroatoms. The Kier molecular flexibility index (Phi) is 2.95. The van der Waals surface area contributed by atoms with E-state index < -0.39 is 22.9 Å². The summed E-state index contributed by atoms with van der Waals surface area (Å²) in [7, 11) is 0. The third kappa shape index (κ3) is 2.34. The van der Waals surface area contributed by atoms with E-state index in [0.29, 0.717) is 10.9 Å². The molecule has 0 aliphatic carbocycles. The molecule has 17 heavy (non-hydrogen) atoms. The number of fused-ring (bicyclic) bond motifs is 1. The fourth-order valence-corrected chi connectivity index (χ4v) is 2.13. The smallest absolute Gasteiger partial charge is 0.352 e. The van der Waals surface area contributed by atoms with Crippen LogP contribution in [0.25, 0.3) is 10.9 Å². The lowest BCUT2D eigenvalue weighted by Crippen LogP contribution is -1.97. The Morgan fingerprint density at radius 1 is 1.41 bits per heavy atom. The maximum Gasteiger partial charge on any atom is 0.352 e. The number of carboxylic acids is 1. The maximum absolute atomic E-state index is 13.2. The van der Waals surface area contributed by atoms with Crippen LogP contribution in [0.4, 0.5) is 4.39 Å². The fourth-order valence-electron chi connectivity index (χ4n) is 1.64. The van der Waals surface area contributed by atoms with Crippen LogP contribution in [0, 0.1) is 5.82 Å². The highest BCUT2D eigenvalue weighted by Crippen LogP contribution is 2.22. The molecule has 0 amide bonds. The number of halogens is 1. The molecule has 1 unspecified atom stereocenters. The molecule has 1 aromatic carbocycles. The van der Waals surface area contributed by atoms with Crippen molar-refractivity contribution in [3.8, 4) is 0 Å². The molecule has 1 aromatic heterocycles. The van der Waals surface area contributed by atoms with E-state index in [1.807, 2.05) is 0 Å². The second-order valence-corrected chi connectivity index (χ2v) is 4.41. The van der Waals surface area contributed by atoms with E-state index in [1.54, 1.807) is 0 Å². The Hall–Kier alpha value is -1.73. The second kappa shape index (κ2) is 4.27. The Balaban J connectivity index is 2.65. The highest BCUT2D eigenvalue weighted by Gasteiger charge is 2.13. The molecular formula is C10H8FNO4S. The van der Waals surface area contributed by atoms with Crippen LogP contribution >= 0.6 is 0 Å². The molecule has 0 radical (unpaired) electrons. The van der Waals surface area contributed by atoms with Gasteiger partial charge >= 0.3 is 5.97 Å². The zero-order chi connectivity index (χ0) is 12.6. The van der Waals surface area contributed by atoms with Crippen molar-refractivity contribution >= 4 is 28.0 Å². The van der Waals surface area contributed by atoms with Crippen LogP contribution in [0.3, 0.4) is 0 Å². The lowest BCUT2D eigenvalue weighted by molar-refractivity contribution is 0.0691. The van der Waals surface area contributed by atoms with Crippen molar-refractivity contribution in [1.29, 1.82) is 0 Å². The molecule has 3 N–H and O–H groups in total. The summed E-state index contributed by atoms with van der Waals surface area (Å²) in [6.45, 7) is 0. The first-order valence-electron chi connectivity index (χ1n) is 4.59. The molecule has 0 aliphatic rings. The fraction of sp³-hybridized carbons (Fsp3) is 0.100. The van der Waals surface area contributed by atoms with Gasteiger partial charge in [-0.25, -0.2) is 13.4 Å². The molecule has 0 aliphatic heterocycles. The molecular weight excluding hydrogens is 249 g/mol. The first-order valence-corrected chi connectivity index (χ1v) is 5.87. The average molecular weight is 257 g/mol. The zero-order valence-electron chi connectivity index (χ0n) is 8.44. The summed E-state index contributed by atoms with van der Waals surface area (Å²) in [5.74, 6) is -2.00. The van der Waals surface area contributed by atoms with Gasteiger partial charge in [-0.05, 0) is 23.8 Å². The molecule has 0 saturated carbocycles. The Labute approximate surface area is 97.6 Å². The number of nitrogens with one attached hydrogen (secondary N) is 1. The summed E-state index contributed by atoms with van der Waals surface area (Å²) in [4.78, 5) is 13.3. The minimum Gasteiger partial charge on any atom is -0.477 e. The average Bonchev–Trinajstić information content (AvgIpc) is 2.60. The van der Waals surface area contributed by atoms with Crippen molar-refractivity contribution < 1.29 is 23.1 Å². The minimum absolute atomic E-state index is 0.0874. The van der Waals surface area contributed by atoms with E-state index in [9.17, 15) is 13.4 Å². The summed E-state index contributed by atoms with van der Waals surface area (Å²) in [6, 6.07) is 3.56. The summed E-state index contributed by atoms with van der Waals surface area (Å²) >= 11 is -2.12. The predicted octanol–water partition coefficient (Wildman–Crippen LogP) is 1.73. The van der Waals surface area contributed by atoms with Gasteiger partial charge in [-0.1, -0.05) is 0 Å². The standard InChI is InChI=1S/C10H8FNO4S/c11-7-1-5-3-8(10(13)14)12-9(5)6(2-7)4-17(15)16/h1-3,12H,4H2,(H,13,14)(H,15,16). The third-order valence-corrected chi connectivity index (χ3v) is 2.84. The van der Waals surface area contributed by atoms with Crippen molar-refractivity contribution in [1.82, 2.24) is 4.98 Å². The van der Waals surface area contributed by atoms with Crippen molar-refractivity contribution in [2.75, 3.05) is 0 Å². The van der Waals surface area contributed by atoms with Crippen LogP contribution in [0.1, 0.15) is 16.1 Å². The molecule has 1 atom stereocenters. The molecule has 0 saturated heterocycles. The summed E-state index contributed by atoms with van der Waals surface area (Å²) < 4.78 is 32.7. The number of aromatic carboxylic acids is 1. The molecule has 0 spiro atoms.